The van der Waals surface area contributed by atoms with Crippen LogP contribution >= 0.6 is 0 Å². The van der Waals surface area contributed by atoms with Crippen LogP contribution in [0.15, 0.2) is 35.8 Å². The number of pyridine rings is 1. The second-order valence-electron chi connectivity index (χ2n) is 3.22. The van der Waals surface area contributed by atoms with Crippen molar-refractivity contribution >= 4 is 5.91 Å². The Balaban J connectivity index is 2.73. The summed E-state index contributed by atoms with van der Waals surface area (Å²) in [6, 6.07) is 3.47. The Morgan fingerprint density at radius 1 is 1.67 bits per heavy atom. The summed E-state index contributed by atoms with van der Waals surface area (Å²) < 4.78 is 1.38. The van der Waals surface area contributed by atoms with Crippen LogP contribution in [-0.4, -0.2) is 17.0 Å². The van der Waals surface area contributed by atoms with E-state index in [1.54, 1.807) is 31.3 Å². The SMILES string of the molecule is C=CCNC(=O)Cn1cccc(C)c1=O. The zero-order valence-electron chi connectivity index (χ0n) is 8.69. The summed E-state index contributed by atoms with van der Waals surface area (Å²) in [5.74, 6) is -0.192. The lowest BCUT2D eigenvalue weighted by Gasteiger charge is -2.06. The topological polar surface area (TPSA) is 51.1 Å². The normalized spacial score (nSPS) is 9.67. The van der Waals surface area contributed by atoms with E-state index in [0.717, 1.165) is 0 Å². The van der Waals surface area contributed by atoms with Gasteiger partial charge in [-0.25, -0.2) is 0 Å². The fraction of sp³-hybridized carbons (Fsp3) is 0.273. The Morgan fingerprint density at radius 3 is 3.07 bits per heavy atom. The quantitative estimate of drug-likeness (QED) is 0.727. The predicted octanol–water partition coefficient (Wildman–Crippen LogP) is 0.459. The lowest BCUT2D eigenvalue weighted by molar-refractivity contribution is -0.121. The van der Waals surface area contributed by atoms with Crippen LogP contribution in [0.1, 0.15) is 5.56 Å². The highest BCUT2D eigenvalue weighted by Crippen LogP contribution is 1.88. The molecule has 0 unspecified atom stereocenters. The number of aryl methyl sites for hydroxylation is 1. The molecule has 1 heterocycles. The number of aromatic nitrogens is 1. The van der Waals surface area contributed by atoms with Crippen molar-refractivity contribution in [3.8, 4) is 0 Å². The average Bonchev–Trinajstić information content (AvgIpc) is 2.22. The molecule has 1 N–H and O–H groups in total. The van der Waals surface area contributed by atoms with E-state index >= 15 is 0 Å². The van der Waals surface area contributed by atoms with Gasteiger partial charge in [0.15, 0.2) is 0 Å². The van der Waals surface area contributed by atoms with Crippen LogP contribution in [0.4, 0.5) is 0 Å². The molecule has 0 aliphatic heterocycles. The van der Waals surface area contributed by atoms with E-state index in [1.165, 1.54) is 4.57 Å². The minimum atomic E-state index is -0.192. The molecule has 0 fully saturated rings. The average molecular weight is 206 g/mol. The first-order chi connectivity index (χ1) is 7.15. The van der Waals surface area contributed by atoms with Gasteiger partial charge in [0.2, 0.25) is 5.91 Å². The second-order valence-corrected chi connectivity index (χ2v) is 3.22. The van der Waals surface area contributed by atoms with Crippen molar-refractivity contribution in [1.29, 1.82) is 0 Å². The molecule has 0 aromatic carbocycles. The molecule has 1 aromatic rings. The number of rotatable bonds is 4. The van der Waals surface area contributed by atoms with Gasteiger partial charge in [0.1, 0.15) is 6.54 Å². The molecular formula is C11H14N2O2. The third-order valence-corrected chi connectivity index (χ3v) is 1.97. The van der Waals surface area contributed by atoms with Gasteiger partial charge in [-0.15, -0.1) is 6.58 Å². The lowest BCUT2D eigenvalue weighted by atomic mass is 10.3. The largest absolute Gasteiger partial charge is 0.351 e. The number of amides is 1. The number of hydrogen-bond acceptors (Lipinski definition) is 2. The van der Waals surface area contributed by atoms with Crippen LogP contribution < -0.4 is 10.9 Å². The Morgan fingerprint density at radius 2 is 2.40 bits per heavy atom. The molecule has 1 rings (SSSR count). The molecule has 4 heteroatoms. The minimum absolute atomic E-state index is 0.0500. The van der Waals surface area contributed by atoms with E-state index in [9.17, 15) is 9.59 Å². The fourth-order valence-corrected chi connectivity index (χ4v) is 1.18. The highest BCUT2D eigenvalue weighted by molar-refractivity contribution is 5.75. The number of nitrogens with zero attached hydrogens (tertiary/aromatic N) is 1. The van der Waals surface area contributed by atoms with E-state index in [2.05, 4.69) is 11.9 Å². The van der Waals surface area contributed by atoms with Gasteiger partial charge >= 0.3 is 0 Å². The third kappa shape index (κ3) is 3.09. The maximum atomic E-state index is 11.5. The van der Waals surface area contributed by atoms with Gasteiger partial charge in [0.05, 0.1) is 0 Å². The first kappa shape index (κ1) is 11.2. The second kappa shape index (κ2) is 5.14. The molecule has 0 aliphatic rings. The van der Waals surface area contributed by atoms with E-state index in [4.69, 9.17) is 0 Å². The number of carbonyl (C=O) groups is 1. The van der Waals surface area contributed by atoms with Gasteiger partial charge in [-0.2, -0.15) is 0 Å². The van der Waals surface area contributed by atoms with Crippen molar-refractivity contribution in [3.05, 3.63) is 46.9 Å². The molecule has 15 heavy (non-hydrogen) atoms. The molecule has 0 radical (unpaired) electrons. The van der Waals surface area contributed by atoms with E-state index < -0.39 is 0 Å². The van der Waals surface area contributed by atoms with Gasteiger partial charge in [-0.1, -0.05) is 12.1 Å². The molecule has 80 valence electrons. The summed E-state index contributed by atoms with van der Waals surface area (Å²) in [5, 5.41) is 2.61. The number of nitrogens with one attached hydrogen (secondary N) is 1. The predicted molar refractivity (Wildman–Crippen MR) is 58.6 cm³/mol. The molecule has 1 aromatic heterocycles. The van der Waals surface area contributed by atoms with Crippen molar-refractivity contribution < 1.29 is 4.79 Å². The van der Waals surface area contributed by atoms with Crippen molar-refractivity contribution in [2.45, 2.75) is 13.5 Å². The van der Waals surface area contributed by atoms with Gasteiger partial charge in [0.25, 0.3) is 5.56 Å². The van der Waals surface area contributed by atoms with Crippen LogP contribution in [0.3, 0.4) is 0 Å². The third-order valence-electron chi connectivity index (χ3n) is 1.97. The lowest BCUT2D eigenvalue weighted by Crippen LogP contribution is -2.32. The fourth-order valence-electron chi connectivity index (χ4n) is 1.18. The van der Waals surface area contributed by atoms with Crippen LogP contribution in [0, 0.1) is 6.92 Å². The molecule has 1 amide bonds. The van der Waals surface area contributed by atoms with E-state index in [0.29, 0.717) is 12.1 Å². The molecule has 0 saturated heterocycles. The molecule has 0 aliphatic carbocycles. The van der Waals surface area contributed by atoms with E-state index in [1.807, 2.05) is 0 Å². The zero-order chi connectivity index (χ0) is 11.3. The van der Waals surface area contributed by atoms with Gasteiger partial charge in [-0.05, 0) is 13.0 Å². The number of carbonyl (C=O) groups excluding carboxylic acids is 1. The first-order valence-electron chi connectivity index (χ1n) is 4.69. The Hall–Kier alpha value is -1.84. The zero-order valence-corrected chi connectivity index (χ0v) is 8.69. The monoisotopic (exact) mass is 206 g/mol. The summed E-state index contributed by atoms with van der Waals surface area (Å²) >= 11 is 0. The molecule has 0 spiro atoms. The Kier molecular flexibility index (Phi) is 3.85. The maximum absolute atomic E-state index is 11.5. The van der Waals surface area contributed by atoms with Crippen LogP contribution in [0.25, 0.3) is 0 Å². The molecule has 0 saturated carbocycles. The Bertz CT molecular complexity index is 421. The molecule has 0 atom stereocenters. The first-order valence-corrected chi connectivity index (χ1v) is 4.69. The molecule has 4 nitrogen and oxygen atoms in total. The van der Waals surface area contributed by atoms with Crippen molar-refractivity contribution in [2.24, 2.45) is 0 Å². The van der Waals surface area contributed by atoms with Gasteiger partial charge < -0.3 is 9.88 Å². The summed E-state index contributed by atoms with van der Waals surface area (Å²) in [6.07, 6.45) is 3.19. The maximum Gasteiger partial charge on any atom is 0.253 e. The Labute approximate surface area is 88.2 Å². The van der Waals surface area contributed by atoms with E-state index in [-0.39, 0.29) is 18.0 Å². The van der Waals surface area contributed by atoms with Crippen LogP contribution in [0.2, 0.25) is 0 Å². The summed E-state index contributed by atoms with van der Waals surface area (Å²) in [5.41, 5.74) is 0.500. The van der Waals surface area contributed by atoms with Crippen molar-refractivity contribution in [2.75, 3.05) is 6.54 Å². The smallest absolute Gasteiger partial charge is 0.253 e. The summed E-state index contributed by atoms with van der Waals surface area (Å²) in [7, 11) is 0. The van der Waals surface area contributed by atoms with Crippen molar-refractivity contribution in [1.82, 2.24) is 9.88 Å². The van der Waals surface area contributed by atoms with Crippen molar-refractivity contribution in [3.63, 3.8) is 0 Å². The molecular weight excluding hydrogens is 192 g/mol. The molecule has 0 bridgehead atoms. The van der Waals surface area contributed by atoms with Gasteiger partial charge in [-0.3, -0.25) is 9.59 Å². The summed E-state index contributed by atoms with van der Waals surface area (Å²) in [4.78, 5) is 22.9. The number of hydrogen-bond donors (Lipinski definition) is 1. The minimum Gasteiger partial charge on any atom is -0.351 e. The van der Waals surface area contributed by atoms with Crippen LogP contribution in [0.5, 0.6) is 0 Å². The standard InChI is InChI=1S/C11H14N2O2/c1-3-6-12-10(14)8-13-7-4-5-9(2)11(13)15/h3-5,7H,1,6,8H2,2H3,(H,12,14). The summed E-state index contributed by atoms with van der Waals surface area (Å²) in [6.45, 7) is 5.68. The highest BCUT2D eigenvalue weighted by atomic mass is 16.2. The van der Waals surface area contributed by atoms with Gasteiger partial charge in [0, 0.05) is 18.3 Å². The highest BCUT2D eigenvalue weighted by Gasteiger charge is 2.03. The van der Waals surface area contributed by atoms with Crippen LogP contribution in [-0.2, 0) is 11.3 Å².